The van der Waals surface area contributed by atoms with Crippen LogP contribution in [0.1, 0.15) is 26.4 Å². The number of rotatable bonds is 6. The predicted octanol–water partition coefficient (Wildman–Crippen LogP) is 3.41. The number of benzene rings is 2. The summed E-state index contributed by atoms with van der Waals surface area (Å²) >= 11 is 0. The smallest absolute Gasteiger partial charge is 0.270 e. The third-order valence-electron chi connectivity index (χ3n) is 3.95. The molecular formula is C21H18FN3O3. The molecule has 142 valence electrons. The van der Waals surface area contributed by atoms with Crippen molar-refractivity contribution in [3.8, 4) is 5.75 Å². The van der Waals surface area contributed by atoms with Gasteiger partial charge in [0.1, 0.15) is 17.3 Å². The topological polar surface area (TPSA) is 80.3 Å². The maximum atomic E-state index is 12.9. The fourth-order valence-electron chi connectivity index (χ4n) is 2.48. The van der Waals surface area contributed by atoms with Gasteiger partial charge in [-0.25, -0.2) is 4.39 Å². The highest BCUT2D eigenvalue weighted by molar-refractivity contribution is 6.05. The monoisotopic (exact) mass is 379 g/mol. The third kappa shape index (κ3) is 4.91. The summed E-state index contributed by atoms with van der Waals surface area (Å²) in [6.07, 6.45) is 1.40. The highest BCUT2D eigenvalue weighted by Gasteiger charge is 2.12. The van der Waals surface area contributed by atoms with Crippen molar-refractivity contribution in [1.29, 1.82) is 0 Å². The molecule has 0 aliphatic carbocycles. The molecule has 28 heavy (non-hydrogen) atoms. The average Bonchev–Trinajstić information content (AvgIpc) is 2.73. The van der Waals surface area contributed by atoms with Crippen molar-refractivity contribution >= 4 is 17.5 Å². The summed E-state index contributed by atoms with van der Waals surface area (Å²) in [7, 11) is 1.54. The lowest BCUT2D eigenvalue weighted by Crippen LogP contribution is -2.24. The highest BCUT2D eigenvalue weighted by atomic mass is 19.1. The Labute approximate surface area is 161 Å². The molecule has 0 aliphatic heterocycles. The number of methoxy groups -OCH3 is 1. The molecule has 0 radical (unpaired) electrons. The maximum Gasteiger partial charge on any atom is 0.270 e. The molecule has 3 rings (SSSR count). The summed E-state index contributed by atoms with van der Waals surface area (Å²) < 4.78 is 18.1. The Balaban J connectivity index is 1.65. The first-order chi connectivity index (χ1) is 13.5. The third-order valence-corrected chi connectivity index (χ3v) is 3.95. The van der Waals surface area contributed by atoms with Crippen molar-refractivity contribution < 1.29 is 18.7 Å². The molecule has 3 aromatic rings. The number of nitrogens with zero attached hydrogens (tertiary/aromatic N) is 1. The zero-order valence-corrected chi connectivity index (χ0v) is 15.1. The van der Waals surface area contributed by atoms with Crippen molar-refractivity contribution in [3.63, 3.8) is 0 Å². The van der Waals surface area contributed by atoms with Crippen molar-refractivity contribution in [2.75, 3.05) is 12.4 Å². The van der Waals surface area contributed by atoms with Gasteiger partial charge < -0.3 is 15.4 Å². The maximum absolute atomic E-state index is 12.9. The minimum Gasteiger partial charge on any atom is -0.497 e. The van der Waals surface area contributed by atoms with Crippen molar-refractivity contribution in [3.05, 3.63) is 89.5 Å². The molecule has 0 fully saturated rings. The molecule has 6 nitrogen and oxygen atoms in total. The highest BCUT2D eigenvalue weighted by Crippen LogP contribution is 2.17. The molecule has 0 spiro atoms. The Morgan fingerprint density at radius 1 is 1.04 bits per heavy atom. The van der Waals surface area contributed by atoms with E-state index in [1.165, 1.54) is 30.5 Å². The molecule has 2 aromatic carbocycles. The Morgan fingerprint density at radius 3 is 2.57 bits per heavy atom. The summed E-state index contributed by atoms with van der Waals surface area (Å²) in [6, 6.07) is 15.7. The molecule has 2 N–H and O–H groups in total. The van der Waals surface area contributed by atoms with Gasteiger partial charge in [0, 0.05) is 30.1 Å². The van der Waals surface area contributed by atoms with Gasteiger partial charge in [0.2, 0.25) is 0 Å². The molecule has 0 bridgehead atoms. The summed E-state index contributed by atoms with van der Waals surface area (Å²) in [4.78, 5) is 28.8. The first-order valence-electron chi connectivity index (χ1n) is 8.49. The minimum absolute atomic E-state index is 0.111. The Morgan fingerprint density at radius 2 is 1.82 bits per heavy atom. The lowest BCUT2D eigenvalue weighted by atomic mass is 10.2. The molecule has 0 saturated heterocycles. The van der Waals surface area contributed by atoms with E-state index >= 15 is 0 Å². The van der Waals surface area contributed by atoms with Crippen molar-refractivity contribution in [2.24, 2.45) is 0 Å². The molecule has 1 aromatic heterocycles. The van der Waals surface area contributed by atoms with Crippen LogP contribution in [0, 0.1) is 5.82 Å². The van der Waals surface area contributed by atoms with Gasteiger partial charge in [-0.2, -0.15) is 0 Å². The lowest BCUT2D eigenvalue weighted by Gasteiger charge is -2.08. The van der Waals surface area contributed by atoms with E-state index in [-0.39, 0.29) is 24.0 Å². The van der Waals surface area contributed by atoms with Crippen LogP contribution in [0.3, 0.4) is 0 Å². The van der Waals surface area contributed by atoms with E-state index in [2.05, 4.69) is 15.6 Å². The Hall–Kier alpha value is -3.74. The fourth-order valence-corrected chi connectivity index (χ4v) is 2.48. The number of pyridine rings is 1. The van der Waals surface area contributed by atoms with Crippen LogP contribution >= 0.6 is 0 Å². The second kappa shape index (κ2) is 8.77. The number of halogens is 1. The SMILES string of the molecule is COc1cccc(NC(=O)c2ccnc(C(=O)NCc3ccc(F)cc3)c2)c1. The van der Waals surface area contributed by atoms with E-state index in [9.17, 15) is 14.0 Å². The van der Waals surface area contributed by atoms with E-state index in [0.29, 0.717) is 17.0 Å². The number of hydrogen-bond donors (Lipinski definition) is 2. The number of anilines is 1. The number of nitrogens with one attached hydrogen (secondary N) is 2. The Bertz CT molecular complexity index is 990. The minimum atomic E-state index is -0.430. The molecule has 1 heterocycles. The van der Waals surface area contributed by atoms with Crippen LogP contribution in [-0.4, -0.2) is 23.9 Å². The van der Waals surface area contributed by atoms with E-state index in [1.807, 2.05) is 0 Å². The Kier molecular flexibility index (Phi) is 5.96. The second-order valence-electron chi connectivity index (χ2n) is 5.92. The zero-order chi connectivity index (χ0) is 19.9. The van der Waals surface area contributed by atoms with Gasteiger partial charge in [0.05, 0.1) is 7.11 Å². The quantitative estimate of drug-likeness (QED) is 0.688. The second-order valence-corrected chi connectivity index (χ2v) is 5.92. The molecule has 0 unspecified atom stereocenters. The number of ether oxygens (including phenoxy) is 1. The van der Waals surface area contributed by atoms with Crippen LogP contribution in [0.2, 0.25) is 0 Å². The largest absolute Gasteiger partial charge is 0.497 e. The van der Waals surface area contributed by atoms with E-state index in [4.69, 9.17) is 4.74 Å². The van der Waals surface area contributed by atoms with Gasteiger partial charge >= 0.3 is 0 Å². The van der Waals surface area contributed by atoms with E-state index < -0.39 is 5.91 Å². The summed E-state index contributed by atoms with van der Waals surface area (Å²) in [5, 5.41) is 5.44. The molecule has 0 saturated carbocycles. The van der Waals surface area contributed by atoms with Crippen LogP contribution in [0.5, 0.6) is 5.75 Å². The number of carbonyl (C=O) groups is 2. The number of hydrogen-bond acceptors (Lipinski definition) is 4. The van der Waals surface area contributed by atoms with Crippen LogP contribution < -0.4 is 15.4 Å². The normalized spacial score (nSPS) is 10.2. The van der Waals surface area contributed by atoms with Gasteiger partial charge in [0.15, 0.2) is 0 Å². The predicted molar refractivity (Wildman–Crippen MR) is 103 cm³/mol. The van der Waals surface area contributed by atoms with Crippen LogP contribution in [0.25, 0.3) is 0 Å². The van der Waals surface area contributed by atoms with Crippen molar-refractivity contribution in [1.82, 2.24) is 10.3 Å². The van der Waals surface area contributed by atoms with Gasteiger partial charge in [0.25, 0.3) is 11.8 Å². The van der Waals surface area contributed by atoms with Crippen LogP contribution in [0.15, 0.2) is 66.9 Å². The van der Waals surface area contributed by atoms with E-state index in [0.717, 1.165) is 5.56 Å². The van der Waals surface area contributed by atoms with Crippen LogP contribution in [-0.2, 0) is 6.54 Å². The van der Waals surface area contributed by atoms with Crippen molar-refractivity contribution in [2.45, 2.75) is 6.54 Å². The van der Waals surface area contributed by atoms with Gasteiger partial charge in [-0.3, -0.25) is 14.6 Å². The molecule has 0 aliphatic rings. The lowest BCUT2D eigenvalue weighted by molar-refractivity contribution is 0.0946. The number of aromatic nitrogens is 1. The molecule has 7 heteroatoms. The summed E-state index contributed by atoms with van der Waals surface area (Å²) in [5.74, 6) is -0.525. The molecule has 2 amide bonds. The molecular weight excluding hydrogens is 361 g/mol. The van der Waals surface area contributed by atoms with Crippen LogP contribution in [0.4, 0.5) is 10.1 Å². The summed E-state index contributed by atoms with van der Waals surface area (Å²) in [6.45, 7) is 0.223. The first kappa shape index (κ1) is 19.0. The van der Waals surface area contributed by atoms with Gasteiger partial charge in [-0.05, 0) is 42.0 Å². The number of amides is 2. The van der Waals surface area contributed by atoms with E-state index in [1.54, 1.807) is 43.5 Å². The first-order valence-corrected chi connectivity index (χ1v) is 8.49. The van der Waals surface area contributed by atoms with Gasteiger partial charge in [-0.15, -0.1) is 0 Å². The van der Waals surface area contributed by atoms with Gasteiger partial charge in [-0.1, -0.05) is 18.2 Å². The fraction of sp³-hybridized carbons (Fsp3) is 0.0952. The standard InChI is InChI=1S/C21H18FN3O3/c1-28-18-4-2-3-17(12-18)25-20(26)15-9-10-23-19(11-15)21(27)24-13-14-5-7-16(22)8-6-14/h2-12H,13H2,1H3,(H,24,27)(H,25,26). The number of carbonyl (C=O) groups excluding carboxylic acids is 2. The molecule has 0 atom stereocenters. The summed E-state index contributed by atoms with van der Waals surface area (Å²) in [5.41, 5.74) is 1.73. The average molecular weight is 379 g/mol. The zero-order valence-electron chi connectivity index (χ0n) is 15.1.